The molecule has 0 saturated heterocycles. The minimum atomic E-state index is -0.214. The van der Waals surface area contributed by atoms with Crippen molar-refractivity contribution in [1.82, 2.24) is 4.90 Å². The first-order valence-corrected chi connectivity index (χ1v) is 6.90. The highest BCUT2D eigenvalue weighted by Gasteiger charge is 2.41. The number of amides is 1. The third-order valence-electron chi connectivity index (χ3n) is 5.10. The fraction of sp³-hybridized carbons (Fsp3) is 0.929. The largest absolute Gasteiger partial charge is 0.339 e. The molecule has 0 aromatic heterocycles. The van der Waals surface area contributed by atoms with Crippen LogP contribution in [0.25, 0.3) is 0 Å². The summed E-state index contributed by atoms with van der Waals surface area (Å²) in [5.41, 5.74) is 5.51. The van der Waals surface area contributed by atoms with Gasteiger partial charge in [-0.15, -0.1) is 0 Å². The average molecular weight is 238 g/mol. The molecule has 2 rings (SSSR count). The van der Waals surface area contributed by atoms with Gasteiger partial charge in [-0.2, -0.15) is 0 Å². The van der Waals surface area contributed by atoms with Crippen LogP contribution in [0.2, 0.25) is 0 Å². The summed E-state index contributed by atoms with van der Waals surface area (Å²) in [7, 11) is 1.89. The summed E-state index contributed by atoms with van der Waals surface area (Å²) in [5.74, 6) is 2.68. The van der Waals surface area contributed by atoms with Gasteiger partial charge in [0.1, 0.15) is 0 Å². The van der Waals surface area contributed by atoms with Gasteiger partial charge in [-0.25, -0.2) is 0 Å². The third-order valence-corrected chi connectivity index (χ3v) is 5.10. The van der Waals surface area contributed by atoms with Crippen molar-refractivity contribution in [1.29, 1.82) is 0 Å². The number of nitrogens with two attached hydrogens (primary N) is 1. The Morgan fingerprint density at radius 1 is 1.35 bits per heavy atom. The van der Waals surface area contributed by atoms with E-state index in [2.05, 4.69) is 0 Å². The van der Waals surface area contributed by atoms with Crippen LogP contribution in [0.1, 0.15) is 46.0 Å². The van der Waals surface area contributed by atoms with Gasteiger partial charge >= 0.3 is 0 Å². The number of rotatable bonds is 4. The Kier molecular flexibility index (Phi) is 3.48. The van der Waals surface area contributed by atoms with E-state index in [9.17, 15) is 4.79 Å². The Hall–Kier alpha value is -0.570. The Morgan fingerprint density at radius 3 is 2.53 bits per heavy atom. The minimum absolute atomic E-state index is 0.214. The maximum atomic E-state index is 12.3. The van der Waals surface area contributed by atoms with Crippen molar-refractivity contribution in [3.05, 3.63) is 0 Å². The van der Waals surface area contributed by atoms with Crippen molar-refractivity contribution in [2.45, 2.75) is 51.5 Å². The zero-order chi connectivity index (χ0) is 12.6. The number of likely N-dealkylation sites (N-methyl/N-ethyl adjacent to an activating group) is 1. The molecule has 2 saturated carbocycles. The summed E-state index contributed by atoms with van der Waals surface area (Å²) in [6.07, 6.45) is 6.16. The first-order chi connectivity index (χ1) is 7.94. The lowest BCUT2D eigenvalue weighted by Crippen LogP contribution is -2.50. The van der Waals surface area contributed by atoms with Crippen molar-refractivity contribution >= 4 is 5.91 Å². The van der Waals surface area contributed by atoms with E-state index < -0.39 is 0 Å². The Morgan fingerprint density at radius 2 is 2.06 bits per heavy atom. The summed E-state index contributed by atoms with van der Waals surface area (Å²) in [6.45, 7) is 4.59. The molecule has 0 aliphatic heterocycles. The lowest BCUT2D eigenvalue weighted by molar-refractivity contribution is -0.135. The van der Waals surface area contributed by atoms with Gasteiger partial charge in [-0.05, 0) is 50.9 Å². The molecule has 3 heteroatoms. The standard InChI is InChI=1S/C14H26N2O/c1-14(2,9-15)16(3)13(17)8-12-7-10-4-5-11(12)6-10/h10-12H,4-9,15H2,1-3H3. The molecule has 17 heavy (non-hydrogen) atoms. The van der Waals surface area contributed by atoms with E-state index in [4.69, 9.17) is 5.73 Å². The van der Waals surface area contributed by atoms with Crippen molar-refractivity contribution in [3.8, 4) is 0 Å². The second-order valence-corrected chi connectivity index (χ2v) is 6.61. The maximum absolute atomic E-state index is 12.3. The van der Waals surface area contributed by atoms with Crippen LogP contribution in [0.5, 0.6) is 0 Å². The summed E-state index contributed by atoms with van der Waals surface area (Å²) in [4.78, 5) is 14.1. The van der Waals surface area contributed by atoms with E-state index in [1.165, 1.54) is 25.7 Å². The van der Waals surface area contributed by atoms with Crippen LogP contribution in [-0.4, -0.2) is 29.9 Å². The molecule has 0 spiro atoms. The highest BCUT2D eigenvalue weighted by Crippen LogP contribution is 2.49. The van der Waals surface area contributed by atoms with Gasteiger partial charge in [0.05, 0.1) is 0 Å². The molecule has 0 aromatic rings. The molecule has 3 atom stereocenters. The van der Waals surface area contributed by atoms with Crippen LogP contribution in [-0.2, 0) is 4.79 Å². The zero-order valence-electron chi connectivity index (χ0n) is 11.4. The lowest BCUT2D eigenvalue weighted by Gasteiger charge is -2.36. The van der Waals surface area contributed by atoms with E-state index in [-0.39, 0.29) is 11.4 Å². The molecule has 2 aliphatic carbocycles. The smallest absolute Gasteiger partial charge is 0.223 e. The highest BCUT2D eigenvalue weighted by atomic mass is 16.2. The maximum Gasteiger partial charge on any atom is 0.223 e. The van der Waals surface area contributed by atoms with Gasteiger partial charge in [0.15, 0.2) is 0 Å². The molecular weight excluding hydrogens is 212 g/mol. The number of carbonyl (C=O) groups is 1. The van der Waals surface area contributed by atoms with Crippen molar-refractivity contribution < 1.29 is 4.79 Å². The summed E-state index contributed by atoms with van der Waals surface area (Å²) < 4.78 is 0. The number of hydrogen-bond donors (Lipinski definition) is 1. The Bertz CT molecular complexity index is 301. The molecule has 1 amide bonds. The first-order valence-electron chi connectivity index (χ1n) is 6.90. The molecule has 0 radical (unpaired) electrons. The Balaban J connectivity index is 1.89. The summed E-state index contributed by atoms with van der Waals surface area (Å²) in [5, 5.41) is 0. The van der Waals surface area contributed by atoms with Crippen molar-refractivity contribution in [3.63, 3.8) is 0 Å². The average Bonchev–Trinajstić information content (AvgIpc) is 2.89. The van der Waals surface area contributed by atoms with Gasteiger partial charge < -0.3 is 10.6 Å². The number of nitrogens with zero attached hydrogens (tertiary/aromatic N) is 1. The summed E-state index contributed by atoms with van der Waals surface area (Å²) >= 11 is 0. The van der Waals surface area contributed by atoms with Gasteiger partial charge in [-0.1, -0.05) is 6.42 Å². The second-order valence-electron chi connectivity index (χ2n) is 6.61. The van der Waals surface area contributed by atoms with E-state index >= 15 is 0 Å². The van der Waals surface area contributed by atoms with E-state index in [1.54, 1.807) is 0 Å². The predicted molar refractivity (Wildman–Crippen MR) is 69.5 cm³/mol. The fourth-order valence-electron chi connectivity index (χ4n) is 3.46. The van der Waals surface area contributed by atoms with Gasteiger partial charge in [-0.3, -0.25) is 4.79 Å². The third kappa shape index (κ3) is 2.49. The van der Waals surface area contributed by atoms with Crippen LogP contribution in [0.15, 0.2) is 0 Å². The topological polar surface area (TPSA) is 46.3 Å². The van der Waals surface area contributed by atoms with Gasteiger partial charge in [0.25, 0.3) is 0 Å². The molecule has 3 nitrogen and oxygen atoms in total. The van der Waals surface area contributed by atoms with E-state index in [0.29, 0.717) is 12.5 Å². The minimum Gasteiger partial charge on any atom is -0.339 e. The molecule has 2 fully saturated rings. The molecule has 2 bridgehead atoms. The molecule has 98 valence electrons. The fourth-order valence-corrected chi connectivity index (χ4v) is 3.46. The summed E-state index contributed by atoms with van der Waals surface area (Å²) in [6, 6.07) is 0. The second kappa shape index (κ2) is 4.60. The molecular formula is C14H26N2O. The van der Waals surface area contributed by atoms with Crippen molar-refractivity contribution in [2.75, 3.05) is 13.6 Å². The van der Waals surface area contributed by atoms with Crippen LogP contribution in [0.3, 0.4) is 0 Å². The highest BCUT2D eigenvalue weighted by molar-refractivity contribution is 5.77. The zero-order valence-corrected chi connectivity index (χ0v) is 11.4. The van der Waals surface area contributed by atoms with Crippen molar-refractivity contribution in [2.24, 2.45) is 23.5 Å². The molecule has 2 aliphatic rings. The SMILES string of the molecule is CN(C(=O)CC1CC2CCC1C2)C(C)(C)CN. The molecule has 2 N–H and O–H groups in total. The lowest BCUT2D eigenvalue weighted by atomic mass is 9.86. The molecule has 3 unspecified atom stereocenters. The number of hydrogen-bond acceptors (Lipinski definition) is 2. The monoisotopic (exact) mass is 238 g/mol. The van der Waals surface area contributed by atoms with Crippen LogP contribution in [0, 0.1) is 17.8 Å². The van der Waals surface area contributed by atoms with Crippen LogP contribution < -0.4 is 5.73 Å². The molecule has 0 heterocycles. The first kappa shape index (κ1) is 12.9. The number of fused-ring (bicyclic) bond motifs is 2. The number of carbonyl (C=O) groups excluding carboxylic acids is 1. The molecule has 0 aromatic carbocycles. The Labute approximate surface area is 105 Å². The van der Waals surface area contributed by atoms with Crippen LogP contribution in [0.4, 0.5) is 0 Å². The predicted octanol–water partition coefficient (Wildman–Crippen LogP) is 2.01. The van der Waals surface area contributed by atoms with Crippen LogP contribution >= 0.6 is 0 Å². The van der Waals surface area contributed by atoms with Gasteiger partial charge in [0, 0.05) is 25.6 Å². The van der Waals surface area contributed by atoms with Gasteiger partial charge in [0.2, 0.25) is 5.91 Å². The normalized spacial score (nSPS) is 31.9. The van der Waals surface area contributed by atoms with E-state index in [0.717, 1.165) is 18.3 Å². The quantitative estimate of drug-likeness (QED) is 0.814. The van der Waals surface area contributed by atoms with E-state index in [1.807, 2.05) is 25.8 Å².